The van der Waals surface area contributed by atoms with Gasteiger partial charge in [-0.25, -0.2) is 0 Å². The molecule has 148 valence electrons. The molecule has 1 fully saturated rings. The van der Waals surface area contributed by atoms with Gasteiger partial charge in [-0.3, -0.25) is 10.1 Å². The highest BCUT2D eigenvalue weighted by atomic mass is 15.1. The number of nitrogens with zero attached hydrogens (tertiary/aromatic N) is 2. The molecule has 3 aliphatic rings. The van der Waals surface area contributed by atoms with E-state index in [4.69, 9.17) is 0 Å². The zero-order valence-electron chi connectivity index (χ0n) is 17.0. The number of benzene rings is 1. The topological polar surface area (TPSA) is 41.6 Å². The Balaban J connectivity index is 1.16. The summed E-state index contributed by atoms with van der Waals surface area (Å²) < 4.78 is 0. The molecule has 1 aromatic carbocycles. The Kier molecular flexibility index (Phi) is 4.26. The summed E-state index contributed by atoms with van der Waals surface area (Å²) in [4.78, 5) is 4.22. The largest absolute Gasteiger partial charge is 0.285 e. The van der Waals surface area contributed by atoms with E-state index < -0.39 is 0 Å². The number of hydrogen-bond donors (Lipinski definition) is 1. The van der Waals surface area contributed by atoms with E-state index in [0.717, 1.165) is 30.6 Å². The lowest BCUT2D eigenvalue weighted by Crippen LogP contribution is -2.14. The minimum absolute atomic E-state index is 0.730. The SMILES string of the molecule is C1=C(CCc2ccc(-c3cccnc3)cc2)C=C2C=C(c3cn[nH]c3)C3CC3C2C1. The third kappa shape index (κ3) is 3.24. The standard InChI is InChI=1S/C27H25N3/c1-2-21(15-28-11-1)20-8-5-18(6-9-20)3-4-19-7-10-24-22(12-19)13-25(27-14-26(24)27)23-16-29-30-17-23/h1-2,5-9,11-13,15-17,24,26-27H,3-4,10,14H2,(H,29,30). The number of nitrogens with one attached hydrogen (secondary N) is 1. The molecule has 3 aromatic rings. The van der Waals surface area contributed by atoms with E-state index in [1.165, 1.54) is 51.8 Å². The summed E-state index contributed by atoms with van der Waals surface area (Å²) in [6, 6.07) is 13.0. The molecule has 3 unspecified atom stereocenters. The predicted molar refractivity (Wildman–Crippen MR) is 120 cm³/mol. The predicted octanol–water partition coefficient (Wildman–Crippen LogP) is 6.01. The number of fused-ring (bicyclic) bond motifs is 3. The van der Waals surface area contributed by atoms with Crippen molar-refractivity contribution in [2.24, 2.45) is 17.8 Å². The quantitative estimate of drug-likeness (QED) is 0.579. The van der Waals surface area contributed by atoms with Crippen LogP contribution in [0.4, 0.5) is 0 Å². The molecule has 0 amide bonds. The highest BCUT2D eigenvalue weighted by molar-refractivity contribution is 5.74. The van der Waals surface area contributed by atoms with Gasteiger partial charge in [0.05, 0.1) is 6.20 Å². The summed E-state index contributed by atoms with van der Waals surface area (Å²) in [6.45, 7) is 0. The maximum Gasteiger partial charge on any atom is 0.0562 e. The first-order valence-corrected chi connectivity index (χ1v) is 11.0. The Hall–Kier alpha value is -3.20. The minimum Gasteiger partial charge on any atom is -0.285 e. The third-order valence-corrected chi connectivity index (χ3v) is 6.98. The van der Waals surface area contributed by atoms with Gasteiger partial charge in [0, 0.05) is 24.2 Å². The molecule has 0 bridgehead atoms. The second-order valence-corrected chi connectivity index (χ2v) is 8.80. The Morgan fingerprint density at radius 1 is 0.900 bits per heavy atom. The number of aromatic amines is 1. The Morgan fingerprint density at radius 2 is 1.83 bits per heavy atom. The zero-order chi connectivity index (χ0) is 19.9. The number of aryl methyl sites for hydroxylation is 1. The molecule has 0 radical (unpaired) electrons. The average molecular weight is 392 g/mol. The first kappa shape index (κ1) is 17.6. The first-order chi connectivity index (χ1) is 14.8. The molecular weight excluding hydrogens is 366 g/mol. The van der Waals surface area contributed by atoms with Crippen molar-refractivity contribution in [1.29, 1.82) is 0 Å². The van der Waals surface area contributed by atoms with Crippen LogP contribution in [-0.2, 0) is 6.42 Å². The minimum atomic E-state index is 0.730. The van der Waals surface area contributed by atoms with E-state index in [0.29, 0.717) is 0 Å². The summed E-state index contributed by atoms with van der Waals surface area (Å²) in [5.74, 6) is 2.31. The molecule has 0 spiro atoms. The zero-order valence-corrected chi connectivity index (χ0v) is 17.0. The average Bonchev–Trinajstić information content (AvgIpc) is 3.43. The van der Waals surface area contributed by atoms with Crippen molar-refractivity contribution >= 4 is 5.57 Å². The van der Waals surface area contributed by atoms with E-state index in [2.05, 4.69) is 63.7 Å². The van der Waals surface area contributed by atoms with E-state index in [-0.39, 0.29) is 0 Å². The Labute approximate surface area is 177 Å². The van der Waals surface area contributed by atoms with Crippen LogP contribution in [-0.4, -0.2) is 15.2 Å². The van der Waals surface area contributed by atoms with Crippen LogP contribution in [0.2, 0.25) is 0 Å². The van der Waals surface area contributed by atoms with Crippen LogP contribution in [0.1, 0.15) is 30.4 Å². The first-order valence-electron chi connectivity index (χ1n) is 11.0. The van der Waals surface area contributed by atoms with Gasteiger partial charge in [-0.05, 0) is 77.3 Å². The lowest BCUT2D eigenvalue weighted by Gasteiger charge is -2.27. The molecule has 3 heteroatoms. The van der Waals surface area contributed by atoms with Crippen molar-refractivity contribution in [2.45, 2.75) is 25.7 Å². The van der Waals surface area contributed by atoms with Crippen molar-refractivity contribution in [2.75, 3.05) is 0 Å². The van der Waals surface area contributed by atoms with Crippen molar-refractivity contribution in [1.82, 2.24) is 15.2 Å². The normalized spacial score (nSPS) is 24.3. The fourth-order valence-electron chi connectivity index (χ4n) is 5.24. The lowest BCUT2D eigenvalue weighted by molar-refractivity contribution is 0.521. The monoisotopic (exact) mass is 391 g/mol. The van der Waals surface area contributed by atoms with Crippen LogP contribution in [0.3, 0.4) is 0 Å². The molecule has 6 rings (SSSR count). The van der Waals surface area contributed by atoms with Crippen molar-refractivity contribution in [3.63, 3.8) is 0 Å². The summed E-state index contributed by atoms with van der Waals surface area (Å²) in [6.07, 6.45) is 19.9. The molecule has 0 saturated heterocycles. The number of allylic oxidation sites excluding steroid dienone is 6. The number of aromatic nitrogens is 3. The Bertz CT molecular complexity index is 1130. The molecule has 2 aromatic heterocycles. The smallest absolute Gasteiger partial charge is 0.0562 e. The van der Waals surface area contributed by atoms with Crippen molar-refractivity contribution < 1.29 is 0 Å². The van der Waals surface area contributed by atoms with Crippen LogP contribution in [0.25, 0.3) is 16.7 Å². The van der Waals surface area contributed by atoms with Gasteiger partial charge in [0.15, 0.2) is 0 Å². The van der Waals surface area contributed by atoms with Crippen LogP contribution < -0.4 is 0 Å². The van der Waals surface area contributed by atoms with E-state index in [1.54, 1.807) is 0 Å². The molecule has 2 heterocycles. The van der Waals surface area contributed by atoms with Crippen LogP contribution in [0, 0.1) is 17.8 Å². The van der Waals surface area contributed by atoms with Gasteiger partial charge in [-0.2, -0.15) is 5.10 Å². The fraction of sp³-hybridized carbons (Fsp3) is 0.259. The van der Waals surface area contributed by atoms with Crippen LogP contribution in [0.15, 0.2) is 90.6 Å². The Morgan fingerprint density at radius 3 is 2.63 bits per heavy atom. The van der Waals surface area contributed by atoms with E-state index >= 15 is 0 Å². The lowest BCUT2D eigenvalue weighted by atomic mass is 9.77. The molecule has 0 aliphatic heterocycles. The van der Waals surface area contributed by atoms with E-state index in [9.17, 15) is 0 Å². The van der Waals surface area contributed by atoms with Gasteiger partial charge in [0.25, 0.3) is 0 Å². The summed E-state index contributed by atoms with van der Waals surface area (Å²) in [5, 5.41) is 7.13. The van der Waals surface area contributed by atoms with Gasteiger partial charge in [-0.15, -0.1) is 0 Å². The van der Waals surface area contributed by atoms with E-state index in [1.807, 2.05) is 30.9 Å². The van der Waals surface area contributed by atoms with Gasteiger partial charge in [0.1, 0.15) is 0 Å². The molecule has 3 aliphatic carbocycles. The second kappa shape index (κ2) is 7.24. The number of hydrogen-bond acceptors (Lipinski definition) is 2. The summed E-state index contributed by atoms with van der Waals surface area (Å²) >= 11 is 0. The third-order valence-electron chi connectivity index (χ3n) is 6.98. The highest BCUT2D eigenvalue weighted by Gasteiger charge is 2.49. The number of H-pyrrole nitrogens is 1. The number of pyridine rings is 1. The van der Waals surface area contributed by atoms with Gasteiger partial charge in [-0.1, -0.05) is 54.1 Å². The summed E-state index contributed by atoms with van der Waals surface area (Å²) in [7, 11) is 0. The molecule has 30 heavy (non-hydrogen) atoms. The fourth-order valence-corrected chi connectivity index (χ4v) is 5.24. The highest BCUT2D eigenvalue weighted by Crippen LogP contribution is 2.59. The molecule has 1 N–H and O–H groups in total. The van der Waals surface area contributed by atoms with Gasteiger partial charge < -0.3 is 0 Å². The van der Waals surface area contributed by atoms with Gasteiger partial charge in [0.2, 0.25) is 0 Å². The molecular formula is C27H25N3. The van der Waals surface area contributed by atoms with Crippen molar-refractivity contribution in [3.8, 4) is 11.1 Å². The molecule has 3 atom stereocenters. The number of rotatable bonds is 5. The maximum absolute atomic E-state index is 4.22. The summed E-state index contributed by atoms with van der Waals surface area (Å²) in [5.41, 5.74) is 9.58. The second-order valence-electron chi connectivity index (χ2n) is 8.80. The van der Waals surface area contributed by atoms with Crippen LogP contribution in [0.5, 0.6) is 0 Å². The molecule has 3 nitrogen and oxygen atoms in total. The molecule has 1 saturated carbocycles. The van der Waals surface area contributed by atoms with Gasteiger partial charge >= 0.3 is 0 Å². The van der Waals surface area contributed by atoms with Crippen molar-refractivity contribution in [3.05, 3.63) is 102 Å². The maximum atomic E-state index is 4.22. The van der Waals surface area contributed by atoms with Crippen LogP contribution >= 0.6 is 0 Å².